The van der Waals surface area contributed by atoms with Gasteiger partial charge < -0.3 is 9.47 Å². The Morgan fingerprint density at radius 3 is 2.84 bits per heavy atom. The average Bonchev–Trinajstić information content (AvgIpc) is 2.86. The van der Waals surface area contributed by atoms with Crippen LogP contribution in [0.3, 0.4) is 0 Å². The summed E-state index contributed by atoms with van der Waals surface area (Å²) in [7, 11) is 0. The average molecular weight is 302 g/mol. The van der Waals surface area contributed by atoms with Gasteiger partial charge in [0.05, 0.1) is 17.5 Å². The summed E-state index contributed by atoms with van der Waals surface area (Å²) in [6.45, 7) is 4.39. The van der Waals surface area contributed by atoms with Gasteiger partial charge in [-0.2, -0.15) is 11.8 Å². The lowest BCUT2D eigenvalue weighted by atomic mass is 9.82. The lowest BCUT2D eigenvalue weighted by molar-refractivity contribution is -0.136. The summed E-state index contributed by atoms with van der Waals surface area (Å²) in [5, 5.41) is 0.658. The topological polar surface area (TPSA) is 35.5 Å². The van der Waals surface area contributed by atoms with Gasteiger partial charge in [0.15, 0.2) is 0 Å². The number of ether oxygens (including phenoxy) is 2. The van der Waals surface area contributed by atoms with Crippen LogP contribution in [-0.4, -0.2) is 53.2 Å². The summed E-state index contributed by atoms with van der Waals surface area (Å²) in [5.41, 5.74) is -0.145. The molecule has 0 aromatic heterocycles. The summed E-state index contributed by atoms with van der Waals surface area (Å²) >= 11 is 3.81. The molecule has 0 aromatic carbocycles. The van der Waals surface area contributed by atoms with Gasteiger partial charge in [0.25, 0.3) is 0 Å². The van der Waals surface area contributed by atoms with Crippen molar-refractivity contribution in [3.63, 3.8) is 0 Å². The molecule has 0 saturated carbocycles. The maximum atomic E-state index is 12.8. The van der Waals surface area contributed by atoms with E-state index >= 15 is 0 Å². The van der Waals surface area contributed by atoms with Crippen LogP contribution in [0.15, 0.2) is 0 Å². The van der Waals surface area contributed by atoms with Gasteiger partial charge in [0.1, 0.15) is 5.78 Å². The van der Waals surface area contributed by atoms with Crippen molar-refractivity contribution in [1.29, 1.82) is 0 Å². The van der Waals surface area contributed by atoms with Crippen LogP contribution in [0.25, 0.3) is 0 Å². The molecule has 3 aliphatic heterocycles. The van der Waals surface area contributed by atoms with E-state index < -0.39 is 0 Å². The van der Waals surface area contributed by atoms with Crippen LogP contribution in [0.2, 0.25) is 0 Å². The minimum atomic E-state index is -0.145. The Bertz CT molecular complexity index is 342. The van der Waals surface area contributed by atoms with Gasteiger partial charge in [0.2, 0.25) is 0 Å². The molecular formula is C14H22O3S2. The molecule has 0 aromatic rings. The molecule has 4 atom stereocenters. The van der Waals surface area contributed by atoms with Gasteiger partial charge in [-0.1, -0.05) is 6.92 Å². The molecule has 5 heteroatoms. The van der Waals surface area contributed by atoms with Crippen LogP contribution < -0.4 is 0 Å². The van der Waals surface area contributed by atoms with E-state index in [-0.39, 0.29) is 16.8 Å². The Balaban J connectivity index is 1.65. The van der Waals surface area contributed by atoms with Crippen LogP contribution in [0.4, 0.5) is 0 Å². The summed E-state index contributed by atoms with van der Waals surface area (Å²) < 4.78 is 11.4. The molecule has 0 bridgehead atoms. The van der Waals surface area contributed by atoms with Crippen LogP contribution in [0, 0.1) is 5.92 Å². The quantitative estimate of drug-likeness (QED) is 0.782. The first-order valence-electron chi connectivity index (χ1n) is 7.19. The first-order chi connectivity index (χ1) is 9.20. The van der Waals surface area contributed by atoms with Gasteiger partial charge in [-0.15, -0.1) is 11.8 Å². The smallest absolute Gasteiger partial charge is 0.150 e. The second-order valence-corrected chi connectivity index (χ2v) is 8.53. The lowest BCUT2D eigenvalue weighted by Gasteiger charge is -2.38. The number of ketones is 1. The van der Waals surface area contributed by atoms with E-state index in [1.165, 1.54) is 5.75 Å². The van der Waals surface area contributed by atoms with E-state index in [0.29, 0.717) is 17.6 Å². The number of carbonyl (C=O) groups excluding carboxylic acids is 1. The fourth-order valence-electron chi connectivity index (χ4n) is 3.31. The minimum absolute atomic E-state index is 0.145. The lowest BCUT2D eigenvalue weighted by Crippen LogP contribution is -2.45. The van der Waals surface area contributed by atoms with Crippen molar-refractivity contribution in [3.8, 4) is 0 Å². The summed E-state index contributed by atoms with van der Waals surface area (Å²) in [5.74, 6) is 2.96. The molecule has 3 aliphatic rings. The molecule has 0 radical (unpaired) electrons. The fourth-order valence-corrected chi connectivity index (χ4v) is 6.12. The van der Waals surface area contributed by atoms with Crippen molar-refractivity contribution in [3.05, 3.63) is 0 Å². The summed E-state index contributed by atoms with van der Waals surface area (Å²) in [6, 6.07) is 0. The molecule has 0 amide bonds. The molecule has 19 heavy (non-hydrogen) atoms. The number of carbonyl (C=O) groups is 1. The summed E-state index contributed by atoms with van der Waals surface area (Å²) in [4.78, 5) is 12.8. The standard InChI is InChI=1S/C14H22O3S2/c1-10-13(19-7-6-18-10)12(15)11-2-4-17-14(8-11)3-5-16-9-14/h10-11,13H,2-9H2,1H3. The van der Waals surface area contributed by atoms with Gasteiger partial charge in [-0.25, -0.2) is 0 Å². The van der Waals surface area contributed by atoms with Crippen molar-refractivity contribution in [1.82, 2.24) is 0 Å². The van der Waals surface area contributed by atoms with E-state index in [1.807, 2.05) is 23.5 Å². The Morgan fingerprint density at radius 1 is 1.26 bits per heavy atom. The highest BCUT2D eigenvalue weighted by Crippen LogP contribution is 2.40. The van der Waals surface area contributed by atoms with Gasteiger partial charge in [-0.05, 0) is 12.8 Å². The van der Waals surface area contributed by atoms with Gasteiger partial charge >= 0.3 is 0 Å². The van der Waals surface area contributed by atoms with Gasteiger partial charge in [-0.3, -0.25) is 4.79 Å². The Morgan fingerprint density at radius 2 is 2.11 bits per heavy atom. The highest BCUT2D eigenvalue weighted by molar-refractivity contribution is 8.07. The molecule has 4 unspecified atom stereocenters. The molecule has 0 aliphatic carbocycles. The van der Waals surface area contributed by atoms with Crippen LogP contribution >= 0.6 is 23.5 Å². The number of hydrogen-bond acceptors (Lipinski definition) is 5. The number of Topliss-reactive ketones (excluding diaryl/α,β-unsaturated/α-hetero) is 1. The third-order valence-electron chi connectivity index (χ3n) is 4.43. The minimum Gasteiger partial charge on any atom is -0.378 e. The highest BCUT2D eigenvalue weighted by atomic mass is 32.2. The largest absolute Gasteiger partial charge is 0.378 e. The Kier molecular flexibility index (Phi) is 4.47. The van der Waals surface area contributed by atoms with Crippen LogP contribution in [0.5, 0.6) is 0 Å². The van der Waals surface area contributed by atoms with Crippen LogP contribution in [0.1, 0.15) is 26.2 Å². The van der Waals surface area contributed by atoms with Crippen LogP contribution in [-0.2, 0) is 14.3 Å². The summed E-state index contributed by atoms with van der Waals surface area (Å²) in [6.07, 6.45) is 2.73. The SMILES string of the molecule is CC1SCCSC1C(=O)C1CCOC2(CCOC2)C1. The van der Waals surface area contributed by atoms with E-state index in [0.717, 1.165) is 38.2 Å². The van der Waals surface area contributed by atoms with E-state index in [9.17, 15) is 4.79 Å². The fraction of sp³-hybridized carbons (Fsp3) is 0.929. The van der Waals surface area contributed by atoms with Gasteiger partial charge in [0, 0.05) is 42.3 Å². The number of rotatable bonds is 2. The van der Waals surface area contributed by atoms with E-state index in [2.05, 4.69) is 6.92 Å². The Labute approximate surface area is 123 Å². The third kappa shape index (κ3) is 2.99. The van der Waals surface area contributed by atoms with Crippen molar-refractivity contribution in [2.24, 2.45) is 5.92 Å². The van der Waals surface area contributed by atoms with Crippen molar-refractivity contribution >= 4 is 29.3 Å². The molecule has 3 fully saturated rings. The molecule has 3 saturated heterocycles. The third-order valence-corrected chi connectivity index (χ3v) is 7.54. The number of hydrogen-bond donors (Lipinski definition) is 0. The monoisotopic (exact) mass is 302 g/mol. The molecule has 3 heterocycles. The predicted octanol–water partition coefficient (Wildman–Crippen LogP) is 2.38. The molecule has 0 N–H and O–H groups in total. The molecular weight excluding hydrogens is 280 g/mol. The second-order valence-electron chi connectivity index (χ2n) is 5.79. The van der Waals surface area contributed by atoms with E-state index in [4.69, 9.17) is 9.47 Å². The second kappa shape index (κ2) is 5.96. The molecule has 108 valence electrons. The maximum absolute atomic E-state index is 12.8. The van der Waals surface area contributed by atoms with Crippen molar-refractivity contribution in [2.75, 3.05) is 31.3 Å². The molecule has 1 spiro atoms. The van der Waals surface area contributed by atoms with Crippen molar-refractivity contribution < 1.29 is 14.3 Å². The molecule has 3 nitrogen and oxygen atoms in total. The maximum Gasteiger partial charge on any atom is 0.150 e. The first-order valence-corrected chi connectivity index (χ1v) is 9.29. The zero-order chi connectivity index (χ0) is 13.3. The predicted molar refractivity (Wildman–Crippen MR) is 80.0 cm³/mol. The zero-order valence-corrected chi connectivity index (χ0v) is 13.1. The number of thioether (sulfide) groups is 2. The molecule has 3 rings (SSSR count). The van der Waals surface area contributed by atoms with Crippen molar-refractivity contribution in [2.45, 2.75) is 42.3 Å². The van der Waals surface area contributed by atoms with E-state index in [1.54, 1.807) is 0 Å². The normalized spacial score (nSPS) is 43.5. The zero-order valence-electron chi connectivity index (χ0n) is 11.4. The first kappa shape index (κ1) is 14.2. The Hall–Kier alpha value is 0.290. The highest BCUT2D eigenvalue weighted by Gasteiger charge is 2.45.